The zero-order valence-electron chi connectivity index (χ0n) is 17.3. The summed E-state index contributed by atoms with van der Waals surface area (Å²) in [7, 11) is 0. The summed E-state index contributed by atoms with van der Waals surface area (Å²) in [5, 5.41) is 9.71. The highest BCUT2D eigenvalue weighted by atomic mass is 16.5. The van der Waals surface area contributed by atoms with Gasteiger partial charge in [0.1, 0.15) is 17.3 Å². The van der Waals surface area contributed by atoms with Crippen LogP contribution >= 0.6 is 0 Å². The molecule has 8 nitrogen and oxygen atoms in total. The van der Waals surface area contributed by atoms with Gasteiger partial charge >= 0.3 is 12.0 Å². The molecular weight excluding hydrogens is 394 g/mol. The Morgan fingerprint density at radius 2 is 1.84 bits per heavy atom. The van der Waals surface area contributed by atoms with Crippen molar-refractivity contribution in [1.82, 2.24) is 19.5 Å². The number of aryl methyl sites for hydroxylation is 1. The molecule has 0 bridgehead atoms. The number of carbonyl (C=O) groups is 1. The maximum absolute atomic E-state index is 11.7. The number of hydrogen-bond donors (Lipinski definition) is 0. The topological polar surface area (TPSA) is 103 Å². The highest BCUT2D eigenvalue weighted by Gasteiger charge is 2.22. The Morgan fingerprint density at radius 1 is 1.10 bits per heavy atom. The zero-order valence-corrected chi connectivity index (χ0v) is 17.3. The fourth-order valence-electron chi connectivity index (χ4n) is 3.24. The molecule has 154 valence electrons. The maximum atomic E-state index is 11.7. The van der Waals surface area contributed by atoms with E-state index < -0.39 is 5.97 Å². The highest BCUT2D eigenvalue weighted by Crippen LogP contribution is 2.30. The van der Waals surface area contributed by atoms with Gasteiger partial charge in [-0.25, -0.2) is 14.5 Å². The normalized spacial score (nSPS) is 10.6. The number of aromatic nitrogens is 4. The monoisotopic (exact) mass is 413 g/mol. The van der Waals surface area contributed by atoms with E-state index in [1.54, 1.807) is 4.57 Å². The van der Waals surface area contributed by atoms with Gasteiger partial charge in [-0.3, -0.25) is 4.79 Å². The first kappa shape index (κ1) is 20.0. The number of esters is 1. The third-order valence-corrected chi connectivity index (χ3v) is 4.60. The number of para-hydroxylation sites is 1. The van der Waals surface area contributed by atoms with Gasteiger partial charge in [-0.15, -0.1) is 0 Å². The van der Waals surface area contributed by atoms with E-state index in [0.29, 0.717) is 23.6 Å². The van der Waals surface area contributed by atoms with Crippen LogP contribution < -0.4 is 9.47 Å². The van der Waals surface area contributed by atoms with Gasteiger partial charge in [0.15, 0.2) is 17.2 Å². The number of benzene rings is 2. The van der Waals surface area contributed by atoms with Gasteiger partial charge in [0, 0.05) is 12.5 Å². The van der Waals surface area contributed by atoms with Crippen LogP contribution in [0, 0.1) is 18.3 Å². The van der Waals surface area contributed by atoms with Crippen LogP contribution in [0.25, 0.3) is 28.2 Å². The predicted octanol–water partition coefficient (Wildman–Crippen LogP) is 3.99. The summed E-state index contributed by atoms with van der Waals surface area (Å²) in [6.07, 6.45) is 0. The van der Waals surface area contributed by atoms with Gasteiger partial charge in [-0.1, -0.05) is 18.2 Å². The van der Waals surface area contributed by atoms with E-state index in [-0.39, 0.29) is 17.2 Å². The van der Waals surface area contributed by atoms with Crippen LogP contribution in [0.15, 0.2) is 48.5 Å². The largest absolute Gasteiger partial charge is 0.494 e. The lowest BCUT2D eigenvalue weighted by atomic mass is 10.2. The molecule has 0 unspecified atom stereocenters. The van der Waals surface area contributed by atoms with E-state index in [2.05, 4.69) is 21.0 Å². The summed E-state index contributed by atoms with van der Waals surface area (Å²) in [6.45, 7) is 5.70. The number of rotatable bonds is 5. The van der Waals surface area contributed by atoms with Crippen LogP contribution in [0.4, 0.5) is 0 Å². The molecule has 0 radical (unpaired) electrons. The average molecular weight is 413 g/mol. The third kappa shape index (κ3) is 3.81. The van der Waals surface area contributed by atoms with Crippen LogP contribution in [0.1, 0.15) is 25.1 Å². The van der Waals surface area contributed by atoms with Crippen molar-refractivity contribution in [2.75, 3.05) is 6.61 Å². The van der Waals surface area contributed by atoms with E-state index >= 15 is 0 Å². The number of hydrogen-bond acceptors (Lipinski definition) is 7. The fourth-order valence-corrected chi connectivity index (χ4v) is 3.24. The van der Waals surface area contributed by atoms with Crippen molar-refractivity contribution in [2.24, 2.45) is 0 Å². The third-order valence-electron chi connectivity index (χ3n) is 4.60. The second-order valence-electron chi connectivity index (χ2n) is 6.75. The number of nitrogens with zero attached hydrogens (tertiary/aromatic N) is 5. The molecule has 0 amide bonds. The lowest BCUT2D eigenvalue weighted by molar-refractivity contribution is -0.132. The van der Waals surface area contributed by atoms with E-state index in [9.17, 15) is 10.1 Å². The molecule has 4 rings (SSSR count). The summed E-state index contributed by atoms with van der Waals surface area (Å²) in [6, 6.07) is 17.0. The minimum Gasteiger partial charge on any atom is -0.494 e. The Bertz CT molecular complexity index is 1320. The number of imidazole rings is 1. The molecule has 4 aromatic rings. The van der Waals surface area contributed by atoms with Crippen molar-refractivity contribution < 1.29 is 14.3 Å². The SMILES string of the molecule is CCOc1ccc(-c2nc(C#N)c3nc(OC(C)=O)n(-c4ccccc4C)c3n2)cc1. The Morgan fingerprint density at radius 3 is 2.48 bits per heavy atom. The molecule has 0 saturated heterocycles. The van der Waals surface area contributed by atoms with Gasteiger partial charge in [0.25, 0.3) is 0 Å². The molecule has 2 aromatic heterocycles. The van der Waals surface area contributed by atoms with Crippen LogP contribution in [-0.4, -0.2) is 32.1 Å². The zero-order chi connectivity index (χ0) is 22.0. The van der Waals surface area contributed by atoms with Crippen molar-refractivity contribution in [2.45, 2.75) is 20.8 Å². The molecule has 2 heterocycles. The minimum atomic E-state index is -0.525. The van der Waals surface area contributed by atoms with Gasteiger partial charge in [0.05, 0.1) is 12.3 Å². The summed E-state index contributed by atoms with van der Waals surface area (Å²) in [5.74, 6) is 0.564. The Labute approximate surface area is 178 Å². The summed E-state index contributed by atoms with van der Waals surface area (Å²) in [4.78, 5) is 25.1. The van der Waals surface area contributed by atoms with Gasteiger partial charge < -0.3 is 9.47 Å². The van der Waals surface area contributed by atoms with Gasteiger partial charge in [-0.2, -0.15) is 10.2 Å². The lowest BCUT2D eigenvalue weighted by Crippen LogP contribution is -2.08. The minimum absolute atomic E-state index is 0.0337. The summed E-state index contributed by atoms with van der Waals surface area (Å²) in [5.41, 5.74) is 3.11. The predicted molar refractivity (Wildman–Crippen MR) is 114 cm³/mol. The van der Waals surface area contributed by atoms with Crippen molar-refractivity contribution in [3.63, 3.8) is 0 Å². The number of carbonyl (C=O) groups excluding carboxylic acids is 1. The van der Waals surface area contributed by atoms with E-state index in [1.165, 1.54) is 6.92 Å². The van der Waals surface area contributed by atoms with Crippen LogP contribution in [0.2, 0.25) is 0 Å². The summed E-state index contributed by atoms with van der Waals surface area (Å²) < 4.78 is 12.5. The average Bonchev–Trinajstić information content (AvgIpc) is 3.11. The quantitative estimate of drug-likeness (QED) is 0.456. The lowest BCUT2D eigenvalue weighted by Gasteiger charge is -2.11. The molecule has 31 heavy (non-hydrogen) atoms. The molecule has 0 spiro atoms. The second kappa shape index (κ2) is 8.24. The molecule has 0 aliphatic carbocycles. The molecule has 0 N–H and O–H groups in total. The molecule has 0 aliphatic heterocycles. The number of ether oxygens (including phenoxy) is 2. The van der Waals surface area contributed by atoms with Crippen molar-refractivity contribution in [3.05, 3.63) is 59.8 Å². The van der Waals surface area contributed by atoms with E-state index in [0.717, 1.165) is 17.0 Å². The van der Waals surface area contributed by atoms with E-state index in [4.69, 9.17) is 9.47 Å². The second-order valence-corrected chi connectivity index (χ2v) is 6.75. The van der Waals surface area contributed by atoms with Crippen LogP contribution in [-0.2, 0) is 4.79 Å². The first-order chi connectivity index (χ1) is 15.0. The van der Waals surface area contributed by atoms with Crippen molar-refractivity contribution in [3.8, 4) is 34.9 Å². The van der Waals surface area contributed by atoms with Gasteiger partial charge in [-0.05, 0) is 49.7 Å². The molecule has 0 saturated carbocycles. The van der Waals surface area contributed by atoms with Crippen molar-refractivity contribution >= 4 is 17.1 Å². The van der Waals surface area contributed by atoms with E-state index in [1.807, 2.05) is 62.4 Å². The maximum Gasteiger partial charge on any atom is 0.311 e. The first-order valence-corrected chi connectivity index (χ1v) is 9.70. The van der Waals surface area contributed by atoms with Crippen LogP contribution in [0.5, 0.6) is 11.8 Å². The molecule has 0 aliphatic rings. The highest BCUT2D eigenvalue weighted by molar-refractivity contribution is 5.83. The smallest absolute Gasteiger partial charge is 0.311 e. The van der Waals surface area contributed by atoms with Gasteiger partial charge in [0.2, 0.25) is 0 Å². The fraction of sp³-hybridized carbons (Fsp3) is 0.174. The Kier molecular flexibility index (Phi) is 5.33. The first-order valence-electron chi connectivity index (χ1n) is 9.70. The molecule has 2 aromatic carbocycles. The van der Waals surface area contributed by atoms with Crippen molar-refractivity contribution in [1.29, 1.82) is 5.26 Å². The molecular formula is C23H19N5O3. The number of fused-ring (bicyclic) bond motifs is 1. The number of nitriles is 1. The Hall–Kier alpha value is -4.25. The molecule has 0 atom stereocenters. The molecule has 8 heteroatoms. The standard InChI is InChI=1S/C23H19N5O3/c1-4-30-17-11-9-16(10-12-17)21-25-18(13-24)20-22(27-21)28(23(26-20)31-15(3)29)19-8-6-5-7-14(19)2/h5-12H,4H2,1-3H3. The summed E-state index contributed by atoms with van der Waals surface area (Å²) >= 11 is 0. The molecule has 0 fully saturated rings. The van der Waals surface area contributed by atoms with Crippen LogP contribution in [0.3, 0.4) is 0 Å². The Balaban J connectivity index is 1.98.